The van der Waals surface area contributed by atoms with Crippen molar-refractivity contribution in [3.63, 3.8) is 0 Å². The van der Waals surface area contributed by atoms with Crippen LogP contribution in [0.1, 0.15) is 23.6 Å². The second-order valence-corrected chi connectivity index (χ2v) is 9.94. The maximum atomic E-state index is 12.2. The fraction of sp³-hybridized carbons (Fsp3) is 0.235. The van der Waals surface area contributed by atoms with Gasteiger partial charge in [-0.15, -0.1) is 0 Å². The molecule has 2 N–H and O–H groups in total. The SMILES string of the molecule is CS(=O)(=O)Nc1cccc(C2=NN(S(C)(=O)=O)C(c3ccc(O)cc3)C2)c1. The van der Waals surface area contributed by atoms with Gasteiger partial charge in [-0.05, 0) is 35.4 Å². The Morgan fingerprint density at radius 2 is 1.74 bits per heavy atom. The van der Waals surface area contributed by atoms with Crippen molar-refractivity contribution in [3.8, 4) is 5.75 Å². The molecule has 10 heteroatoms. The fourth-order valence-corrected chi connectivity index (χ4v) is 4.35. The molecule has 1 unspecified atom stereocenters. The van der Waals surface area contributed by atoms with E-state index in [1.54, 1.807) is 36.4 Å². The van der Waals surface area contributed by atoms with Crippen molar-refractivity contribution in [1.82, 2.24) is 4.41 Å². The lowest BCUT2D eigenvalue weighted by Crippen LogP contribution is -2.25. The number of benzene rings is 2. The molecular formula is C17H19N3O5S2. The van der Waals surface area contributed by atoms with Crippen LogP contribution in [0.3, 0.4) is 0 Å². The molecule has 1 heterocycles. The monoisotopic (exact) mass is 409 g/mol. The second-order valence-electron chi connectivity index (χ2n) is 6.35. The molecule has 8 nitrogen and oxygen atoms in total. The van der Waals surface area contributed by atoms with Gasteiger partial charge in [-0.25, -0.2) is 16.8 Å². The van der Waals surface area contributed by atoms with E-state index in [4.69, 9.17) is 0 Å². The predicted octanol–water partition coefficient (Wildman–Crippen LogP) is 1.87. The summed E-state index contributed by atoms with van der Waals surface area (Å²) in [6.45, 7) is 0. The molecular weight excluding hydrogens is 390 g/mol. The van der Waals surface area contributed by atoms with Crippen LogP contribution in [-0.4, -0.2) is 44.6 Å². The van der Waals surface area contributed by atoms with Gasteiger partial charge >= 0.3 is 0 Å². The van der Waals surface area contributed by atoms with Crippen LogP contribution in [-0.2, 0) is 20.0 Å². The van der Waals surface area contributed by atoms with Gasteiger partial charge < -0.3 is 5.11 Å². The molecule has 0 aromatic heterocycles. The number of nitrogens with one attached hydrogen (secondary N) is 1. The Morgan fingerprint density at radius 1 is 1.07 bits per heavy atom. The highest BCUT2D eigenvalue weighted by Gasteiger charge is 2.34. The minimum atomic E-state index is -3.62. The lowest BCUT2D eigenvalue weighted by atomic mass is 9.99. The van der Waals surface area contributed by atoms with Gasteiger partial charge in [0.1, 0.15) is 5.75 Å². The topological polar surface area (TPSA) is 116 Å². The first-order valence-electron chi connectivity index (χ1n) is 7.97. The number of sulfonamides is 2. The molecule has 0 fully saturated rings. The highest BCUT2D eigenvalue weighted by atomic mass is 32.2. The Balaban J connectivity index is 1.97. The molecule has 3 rings (SSSR count). The average Bonchev–Trinajstić information content (AvgIpc) is 3.00. The molecule has 0 radical (unpaired) electrons. The Bertz CT molecular complexity index is 1090. The van der Waals surface area contributed by atoms with Crippen LogP contribution in [0.25, 0.3) is 0 Å². The summed E-state index contributed by atoms with van der Waals surface area (Å²) in [5.74, 6) is 0.0864. The van der Waals surface area contributed by atoms with Crippen LogP contribution in [0.2, 0.25) is 0 Å². The van der Waals surface area contributed by atoms with E-state index in [0.29, 0.717) is 28.9 Å². The molecule has 144 valence electrons. The minimum absolute atomic E-state index is 0.0864. The molecule has 2 aromatic carbocycles. The minimum Gasteiger partial charge on any atom is -0.508 e. The molecule has 0 amide bonds. The maximum absolute atomic E-state index is 12.2. The highest BCUT2D eigenvalue weighted by molar-refractivity contribution is 7.92. The largest absolute Gasteiger partial charge is 0.508 e. The summed E-state index contributed by atoms with van der Waals surface area (Å²) in [7, 11) is -7.05. The van der Waals surface area contributed by atoms with Gasteiger partial charge in [-0.1, -0.05) is 24.3 Å². The molecule has 0 spiro atoms. The van der Waals surface area contributed by atoms with Crippen molar-refractivity contribution in [3.05, 3.63) is 59.7 Å². The van der Waals surface area contributed by atoms with Crippen molar-refractivity contribution >= 4 is 31.4 Å². The van der Waals surface area contributed by atoms with E-state index in [-0.39, 0.29) is 5.75 Å². The predicted molar refractivity (Wildman–Crippen MR) is 104 cm³/mol. The van der Waals surface area contributed by atoms with Crippen molar-refractivity contribution in [2.75, 3.05) is 17.2 Å². The summed E-state index contributed by atoms with van der Waals surface area (Å²) in [5.41, 5.74) is 2.22. The quantitative estimate of drug-likeness (QED) is 0.782. The van der Waals surface area contributed by atoms with Crippen LogP contribution < -0.4 is 4.72 Å². The van der Waals surface area contributed by atoms with Crippen LogP contribution in [0.15, 0.2) is 53.6 Å². The van der Waals surface area contributed by atoms with E-state index in [1.807, 2.05) is 0 Å². The zero-order chi connectivity index (χ0) is 19.8. The van der Waals surface area contributed by atoms with E-state index in [0.717, 1.165) is 16.9 Å². The van der Waals surface area contributed by atoms with Gasteiger partial charge in [0.25, 0.3) is 0 Å². The van der Waals surface area contributed by atoms with Gasteiger partial charge in [-0.3, -0.25) is 4.72 Å². The van der Waals surface area contributed by atoms with E-state index in [9.17, 15) is 21.9 Å². The number of anilines is 1. The first-order chi connectivity index (χ1) is 12.5. The first kappa shape index (κ1) is 19.2. The molecule has 0 aliphatic carbocycles. The molecule has 0 bridgehead atoms. The van der Waals surface area contributed by atoms with Crippen LogP contribution >= 0.6 is 0 Å². The molecule has 27 heavy (non-hydrogen) atoms. The van der Waals surface area contributed by atoms with Crippen molar-refractivity contribution in [2.45, 2.75) is 12.5 Å². The summed E-state index contributed by atoms with van der Waals surface area (Å²) < 4.78 is 50.7. The standard InChI is InChI=1S/C17H19N3O5S2/c1-26(22,23)19-14-5-3-4-13(10-14)16-11-17(20(18-16)27(2,24)25)12-6-8-15(21)9-7-12/h3-10,17,19,21H,11H2,1-2H3. The summed E-state index contributed by atoms with van der Waals surface area (Å²) in [6.07, 6.45) is 2.45. The number of hydrogen-bond donors (Lipinski definition) is 2. The summed E-state index contributed by atoms with van der Waals surface area (Å²) in [5, 5.41) is 13.7. The number of aromatic hydroxyl groups is 1. The van der Waals surface area contributed by atoms with Crippen molar-refractivity contribution in [1.29, 1.82) is 0 Å². The van der Waals surface area contributed by atoms with E-state index >= 15 is 0 Å². The smallest absolute Gasteiger partial charge is 0.247 e. The fourth-order valence-electron chi connectivity index (χ4n) is 2.89. The van der Waals surface area contributed by atoms with Crippen LogP contribution in [0.4, 0.5) is 5.69 Å². The van der Waals surface area contributed by atoms with Crippen LogP contribution in [0.5, 0.6) is 5.75 Å². The summed E-state index contributed by atoms with van der Waals surface area (Å²) in [4.78, 5) is 0. The summed E-state index contributed by atoms with van der Waals surface area (Å²) >= 11 is 0. The highest BCUT2D eigenvalue weighted by Crippen LogP contribution is 2.35. The summed E-state index contributed by atoms with van der Waals surface area (Å²) in [6, 6.07) is 12.4. The zero-order valence-electron chi connectivity index (χ0n) is 14.7. The van der Waals surface area contributed by atoms with Gasteiger partial charge in [0, 0.05) is 12.1 Å². The van der Waals surface area contributed by atoms with Crippen molar-refractivity contribution < 1.29 is 21.9 Å². The molecule has 1 aliphatic rings. The van der Waals surface area contributed by atoms with Gasteiger partial charge in [-0.2, -0.15) is 9.52 Å². The third-order valence-electron chi connectivity index (χ3n) is 3.99. The number of phenols is 1. The Morgan fingerprint density at radius 3 is 2.33 bits per heavy atom. The first-order valence-corrected chi connectivity index (χ1v) is 11.7. The Kier molecular flexibility index (Phi) is 4.87. The van der Waals surface area contributed by atoms with E-state index < -0.39 is 26.1 Å². The molecule has 0 saturated carbocycles. The van der Waals surface area contributed by atoms with E-state index in [2.05, 4.69) is 9.82 Å². The number of phenolic OH excluding ortho intramolecular Hbond substituents is 1. The lowest BCUT2D eigenvalue weighted by molar-refractivity contribution is 0.374. The third kappa shape index (κ3) is 4.58. The number of hydrazone groups is 1. The van der Waals surface area contributed by atoms with E-state index in [1.165, 1.54) is 12.1 Å². The maximum Gasteiger partial charge on any atom is 0.247 e. The zero-order valence-corrected chi connectivity index (χ0v) is 16.3. The molecule has 0 saturated heterocycles. The third-order valence-corrected chi connectivity index (χ3v) is 5.61. The Labute approximate surface area is 158 Å². The molecule has 1 aliphatic heterocycles. The Hall–Kier alpha value is -2.59. The molecule has 2 aromatic rings. The van der Waals surface area contributed by atoms with Gasteiger partial charge in [0.05, 0.1) is 24.3 Å². The van der Waals surface area contributed by atoms with Crippen molar-refractivity contribution in [2.24, 2.45) is 5.10 Å². The normalized spacial score (nSPS) is 17.6. The lowest BCUT2D eigenvalue weighted by Gasteiger charge is -2.21. The number of nitrogens with zero attached hydrogens (tertiary/aromatic N) is 2. The number of hydrogen-bond acceptors (Lipinski definition) is 6. The average molecular weight is 409 g/mol. The molecule has 1 atom stereocenters. The number of rotatable bonds is 5. The van der Waals surface area contributed by atoms with Crippen LogP contribution in [0, 0.1) is 0 Å². The van der Waals surface area contributed by atoms with Gasteiger partial charge in [0.15, 0.2) is 0 Å². The second kappa shape index (κ2) is 6.86. The van der Waals surface area contributed by atoms with Gasteiger partial charge in [0.2, 0.25) is 20.0 Å².